The smallest absolute Gasteiger partial charge is 0.178 e. The summed E-state index contributed by atoms with van der Waals surface area (Å²) in [5.74, 6) is 1.20. The summed E-state index contributed by atoms with van der Waals surface area (Å²) >= 11 is 0. The molecule has 2 bridgehead atoms. The predicted octanol–water partition coefficient (Wildman–Crippen LogP) is 4.34. The fourth-order valence-electron chi connectivity index (χ4n) is 6.02. The number of benzene rings is 1. The Hall–Kier alpha value is -2.42. The second kappa shape index (κ2) is 7.93. The number of fused-ring (bicyclic) bond motifs is 2. The van der Waals surface area contributed by atoms with Crippen molar-refractivity contribution >= 4 is 5.78 Å². The third-order valence-electron chi connectivity index (χ3n) is 8.13. The lowest BCUT2D eigenvalue weighted by molar-refractivity contribution is 0.0873. The maximum absolute atomic E-state index is 13.4. The zero-order valence-electron chi connectivity index (χ0n) is 18.4. The van der Waals surface area contributed by atoms with E-state index in [1.807, 2.05) is 31.2 Å². The summed E-state index contributed by atoms with van der Waals surface area (Å²) in [5, 5.41) is 19.4. The Bertz CT molecular complexity index is 1030. The maximum atomic E-state index is 13.4. The minimum atomic E-state index is -0.287. The van der Waals surface area contributed by atoms with Crippen LogP contribution < -0.4 is 0 Å². The molecule has 3 aliphatic rings. The predicted molar refractivity (Wildman–Crippen MR) is 119 cm³/mol. The van der Waals surface area contributed by atoms with Crippen LogP contribution >= 0.6 is 0 Å². The highest BCUT2D eigenvalue weighted by molar-refractivity contribution is 5.99. The van der Waals surface area contributed by atoms with Crippen LogP contribution in [0.2, 0.25) is 0 Å². The van der Waals surface area contributed by atoms with Crippen molar-refractivity contribution in [3.63, 3.8) is 0 Å². The third-order valence-corrected chi connectivity index (χ3v) is 8.13. The monoisotopic (exact) mass is 417 g/mol. The Morgan fingerprint density at radius 2 is 1.97 bits per heavy atom. The van der Waals surface area contributed by atoms with Gasteiger partial charge in [0.2, 0.25) is 0 Å². The van der Waals surface area contributed by atoms with Crippen LogP contribution in [0.25, 0.3) is 5.69 Å². The molecule has 3 heterocycles. The summed E-state index contributed by atoms with van der Waals surface area (Å²) in [6, 6.07) is 12.4. The zero-order chi connectivity index (χ0) is 21.7. The van der Waals surface area contributed by atoms with Crippen molar-refractivity contribution in [1.29, 1.82) is 5.26 Å². The number of ketones is 1. The molecule has 2 saturated heterocycles. The highest BCUT2D eigenvalue weighted by Gasteiger charge is 2.46. The molecule has 1 saturated carbocycles. The lowest BCUT2D eigenvalue weighted by Gasteiger charge is -2.32. The highest BCUT2D eigenvalue weighted by atomic mass is 16.3. The molecule has 5 rings (SSSR count). The molecule has 0 amide bonds. The van der Waals surface area contributed by atoms with Crippen LogP contribution in [0.1, 0.15) is 78.7 Å². The molecule has 162 valence electrons. The average Bonchev–Trinajstić information content (AvgIpc) is 3.36. The van der Waals surface area contributed by atoms with Gasteiger partial charge in [-0.2, -0.15) is 5.26 Å². The van der Waals surface area contributed by atoms with E-state index in [-0.39, 0.29) is 17.9 Å². The number of nitrogens with zero attached hydrogens (tertiary/aromatic N) is 3. The number of hydrogen-bond acceptors (Lipinski definition) is 4. The number of carbonyl (C=O) groups excluding carboxylic acids is 1. The van der Waals surface area contributed by atoms with Gasteiger partial charge in [0, 0.05) is 34.7 Å². The molecule has 0 spiro atoms. The van der Waals surface area contributed by atoms with E-state index in [2.05, 4.69) is 28.5 Å². The Morgan fingerprint density at radius 3 is 2.52 bits per heavy atom. The molecule has 5 nitrogen and oxygen atoms in total. The van der Waals surface area contributed by atoms with E-state index in [4.69, 9.17) is 5.26 Å². The van der Waals surface area contributed by atoms with Crippen LogP contribution in [-0.4, -0.2) is 45.1 Å². The molecule has 2 unspecified atom stereocenters. The van der Waals surface area contributed by atoms with Gasteiger partial charge in [0.1, 0.15) is 0 Å². The van der Waals surface area contributed by atoms with Crippen LogP contribution in [0.3, 0.4) is 0 Å². The van der Waals surface area contributed by atoms with Crippen LogP contribution in [0, 0.1) is 24.2 Å². The summed E-state index contributed by atoms with van der Waals surface area (Å²) in [5.41, 5.74) is 4.61. The summed E-state index contributed by atoms with van der Waals surface area (Å²) in [7, 11) is 0. The van der Waals surface area contributed by atoms with Crippen LogP contribution in [0.5, 0.6) is 0 Å². The van der Waals surface area contributed by atoms with Gasteiger partial charge < -0.3 is 9.67 Å². The number of rotatable bonds is 6. The minimum Gasteiger partial charge on any atom is -0.391 e. The number of carbonyl (C=O) groups is 1. The number of Topliss-reactive ketones (excluding diaryl/α,β-unsaturated/α-hetero) is 1. The van der Waals surface area contributed by atoms with Gasteiger partial charge >= 0.3 is 0 Å². The summed E-state index contributed by atoms with van der Waals surface area (Å²) in [6.45, 7) is 4.71. The fourth-order valence-corrected chi connectivity index (χ4v) is 6.02. The fraction of sp³-hybridized carbons (Fsp3) is 0.538. The summed E-state index contributed by atoms with van der Waals surface area (Å²) in [4.78, 5) is 15.7. The molecule has 5 heteroatoms. The van der Waals surface area contributed by atoms with Crippen molar-refractivity contribution in [3.05, 3.63) is 52.8 Å². The molecule has 4 atom stereocenters. The molecular formula is C26H31N3O2. The quantitative estimate of drug-likeness (QED) is 0.710. The largest absolute Gasteiger partial charge is 0.391 e. The maximum Gasteiger partial charge on any atom is 0.178 e. The first-order chi connectivity index (χ1) is 15.0. The van der Waals surface area contributed by atoms with Crippen molar-refractivity contribution in [2.75, 3.05) is 6.54 Å². The van der Waals surface area contributed by atoms with E-state index in [0.29, 0.717) is 30.0 Å². The molecule has 1 aromatic heterocycles. The van der Waals surface area contributed by atoms with Crippen LogP contribution in [-0.2, 0) is 0 Å². The molecular weight excluding hydrogens is 386 g/mol. The summed E-state index contributed by atoms with van der Waals surface area (Å²) < 4.78 is 2.23. The lowest BCUT2D eigenvalue weighted by Crippen LogP contribution is -2.36. The zero-order valence-corrected chi connectivity index (χ0v) is 18.4. The Morgan fingerprint density at radius 1 is 1.23 bits per heavy atom. The first-order valence-electron chi connectivity index (χ1n) is 11.7. The van der Waals surface area contributed by atoms with E-state index in [1.165, 1.54) is 25.0 Å². The molecule has 1 aromatic carbocycles. The van der Waals surface area contributed by atoms with E-state index in [9.17, 15) is 9.90 Å². The SMILES string of the molecule is Cc1c(C(=O)CN2C3CCC2[C@H](O)C3)cc([C@H](C)C2CCC2)n1-c1ccc(C#N)cc1. The standard InChI is InChI=1S/C26H31N3O2/c1-16(19-4-3-5-19)24-13-22(17(2)29(24)20-8-6-18(14-27)7-9-20)26(31)15-28-21-10-11-23(28)25(30)12-21/h6-9,13,16,19,21,23,25,30H,3-5,10-12,15H2,1-2H3/t16-,21?,23?,25-/m1/s1. The van der Waals surface area contributed by atoms with E-state index in [1.54, 1.807) is 0 Å². The number of nitriles is 1. The van der Waals surface area contributed by atoms with E-state index < -0.39 is 0 Å². The minimum absolute atomic E-state index is 0.142. The number of hydrogen-bond donors (Lipinski definition) is 1. The van der Waals surface area contributed by atoms with Crippen LogP contribution in [0.15, 0.2) is 30.3 Å². The Balaban J connectivity index is 1.49. The molecule has 0 radical (unpaired) electrons. The molecule has 31 heavy (non-hydrogen) atoms. The normalized spacial score (nSPS) is 26.6. The van der Waals surface area contributed by atoms with Gasteiger partial charge in [-0.25, -0.2) is 0 Å². The number of aliphatic hydroxyl groups is 1. The van der Waals surface area contributed by atoms with E-state index >= 15 is 0 Å². The molecule has 2 aliphatic heterocycles. The Kier molecular flexibility index (Phi) is 5.24. The van der Waals surface area contributed by atoms with Crippen molar-refractivity contribution in [3.8, 4) is 11.8 Å². The molecule has 3 fully saturated rings. The Labute approximate surface area is 184 Å². The average molecular weight is 418 g/mol. The van der Waals surface area contributed by atoms with Crippen molar-refractivity contribution in [2.45, 2.75) is 76.5 Å². The van der Waals surface area contributed by atoms with Gasteiger partial charge in [-0.05, 0) is 81.2 Å². The van der Waals surface area contributed by atoms with Gasteiger partial charge in [-0.15, -0.1) is 0 Å². The van der Waals surface area contributed by atoms with Gasteiger partial charge in [0.25, 0.3) is 0 Å². The topological polar surface area (TPSA) is 69.3 Å². The lowest BCUT2D eigenvalue weighted by atomic mass is 9.75. The van der Waals surface area contributed by atoms with Gasteiger partial charge in [0.05, 0.1) is 24.3 Å². The first kappa shape index (κ1) is 20.5. The van der Waals surface area contributed by atoms with Crippen LogP contribution in [0.4, 0.5) is 0 Å². The van der Waals surface area contributed by atoms with Gasteiger partial charge in [-0.3, -0.25) is 9.69 Å². The highest BCUT2D eigenvalue weighted by Crippen LogP contribution is 2.42. The molecule has 1 N–H and O–H groups in total. The van der Waals surface area contributed by atoms with Crippen molar-refractivity contribution in [2.24, 2.45) is 5.92 Å². The number of aliphatic hydroxyl groups excluding tert-OH is 1. The van der Waals surface area contributed by atoms with Gasteiger partial charge in [0.15, 0.2) is 5.78 Å². The first-order valence-corrected chi connectivity index (χ1v) is 11.7. The summed E-state index contributed by atoms with van der Waals surface area (Å²) in [6.07, 6.45) is 6.38. The van der Waals surface area contributed by atoms with E-state index in [0.717, 1.165) is 36.2 Å². The van der Waals surface area contributed by atoms with Crippen molar-refractivity contribution < 1.29 is 9.90 Å². The molecule has 1 aliphatic carbocycles. The number of aromatic nitrogens is 1. The van der Waals surface area contributed by atoms with Gasteiger partial charge in [-0.1, -0.05) is 13.3 Å². The van der Waals surface area contributed by atoms with Crippen molar-refractivity contribution in [1.82, 2.24) is 9.47 Å². The second-order valence-electron chi connectivity index (χ2n) is 9.74. The third kappa shape index (κ3) is 3.43. The second-order valence-corrected chi connectivity index (χ2v) is 9.74. The molecule has 2 aromatic rings.